The summed E-state index contributed by atoms with van der Waals surface area (Å²) < 4.78 is 17.0. The summed E-state index contributed by atoms with van der Waals surface area (Å²) in [4.78, 5) is 38.5. The first-order valence-corrected chi connectivity index (χ1v) is 34.5. The fraction of sp³-hybridized carbons (Fsp3) is 0.697. The zero-order chi connectivity index (χ0) is 59.2. The number of hydrogen-bond acceptors (Lipinski definition) is 6. The van der Waals surface area contributed by atoms with Gasteiger partial charge in [-0.25, -0.2) is 0 Å². The molecule has 0 rings (SSSR count). The fourth-order valence-electron chi connectivity index (χ4n) is 9.62. The van der Waals surface area contributed by atoms with Crippen molar-refractivity contribution in [3.8, 4) is 0 Å². The van der Waals surface area contributed by atoms with Crippen molar-refractivity contribution in [2.75, 3.05) is 13.2 Å². The van der Waals surface area contributed by atoms with Crippen LogP contribution in [-0.4, -0.2) is 37.2 Å². The zero-order valence-electron chi connectivity index (χ0n) is 53.7. The molecule has 0 saturated heterocycles. The monoisotopic (exact) mass is 1140 g/mol. The van der Waals surface area contributed by atoms with E-state index in [0.717, 1.165) is 148 Å². The summed E-state index contributed by atoms with van der Waals surface area (Å²) >= 11 is 0. The lowest BCUT2D eigenvalue weighted by Crippen LogP contribution is -2.30. The van der Waals surface area contributed by atoms with E-state index in [2.05, 4.69) is 142 Å². The molecule has 0 aliphatic heterocycles. The Balaban J connectivity index is 4.44. The Kier molecular flexibility index (Phi) is 65.8. The minimum Gasteiger partial charge on any atom is -0.462 e. The third-order valence-electron chi connectivity index (χ3n) is 14.7. The van der Waals surface area contributed by atoms with Crippen LogP contribution in [0.2, 0.25) is 0 Å². The Morgan fingerprint density at radius 3 is 0.744 bits per heavy atom. The third-order valence-corrected chi connectivity index (χ3v) is 14.7. The number of carbonyl (C=O) groups is 3. The third kappa shape index (κ3) is 66.6. The number of ether oxygens (including phenoxy) is 3. The van der Waals surface area contributed by atoms with Gasteiger partial charge in [0.1, 0.15) is 13.2 Å². The number of carbonyl (C=O) groups excluding carboxylic acids is 3. The maximum atomic E-state index is 13.0. The molecule has 468 valence electrons. The molecule has 82 heavy (non-hydrogen) atoms. The summed E-state index contributed by atoms with van der Waals surface area (Å²) in [5.74, 6) is -0.908. The lowest BCUT2D eigenvalue weighted by molar-refractivity contribution is -0.167. The van der Waals surface area contributed by atoms with Gasteiger partial charge in [-0.3, -0.25) is 14.4 Å². The number of hydrogen-bond donors (Lipinski definition) is 0. The van der Waals surface area contributed by atoms with E-state index in [9.17, 15) is 14.4 Å². The summed E-state index contributed by atoms with van der Waals surface area (Å²) in [6, 6.07) is 0. The number of rotatable bonds is 62. The molecule has 1 atom stereocenters. The molecule has 0 N–H and O–H groups in total. The van der Waals surface area contributed by atoms with E-state index in [4.69, 9.17) is 14.2 Å². The summed E-state index contributed by atoms with van der Waals surface area (Å²) in [5, 5.41) is 0. The first-order chi connectivity index (χ1) is 40.5. The van der Waals surface area contributed by atoms with Gasteiger partial charge in [-0.05, 0) is 109 Å². The Morgan fingerprint density at radius 2 is 0.476 bits per heavy atom. The molecule has 0 spiro atoms. The molecule has 0 radical (unpaired) electrons. The minimum atomic E-state index is -0.798. The van der Waals surface area contributed by atoms with Gasteiger partial charge in [-0.2, -0.15) is 0 Å². The number of allylic oxidation sites excluding steroid dienone is 20. The van der Waals surface area contributed by atoms with E-state index in [0.29, 0.717) is 19.3 Å². The van der Waals surface area contributed by atoms with Crippen LogP contribution in [0.25, 0.3) is 0 Å². The van der Waals surface area contributed by atoms with Gasteiger partial charge in [0.2, 0.25) is 0 Å². The van der Waals surface area contributed by atoms with Gasteiger partial charge in [-0.1, -0.05) is 316 Å². The van der Waals surface area contributed by atoms with Crippen LogP contribution in [0.5, 0.6) is 0 Å². The van der Waals surface area contributed by atoms with Crippen LogP contribution in [0, 0.1) is 0 Å². The molecule has 6 heteroatoms. The average molecular weight is 1140 g/mol. The molecule has 0 bridgehead atoms. The van der Waals surface area contributed by atoms with Crippen molar-refractivity contribution in [1.29, 1.82) is 0 Å². The van der Waals surface area contributed by atoms with Crippen LogP contribution in [0.1, 0.15) is 323 Å². The highest BCUT2D eigenvalue weighted by Crippen LogP contribution is 2.17. The Labute approximate surface area is 507 Å². The van der Waals surface area contributed by atoms with Gasteiger partial charge in [0.25, 0.3) is 0 Å². The normalized spacial score (nSPS) is 12.9. The van der Waals surface area contributed by atoms with Crippen molar-refractivity contribution in [3.63, 3.8) is 0 Å². The van der Waals surface area contributed by atoms with E-state index in [1.54, 1.807) is 0 Å². The first-order valence-electron chi connectivity index (χ1n) is 34.5. The van der Waals surface area contributed by atoms with Crippen molar-refractivity contribution in [3.05, 3.63) is 122 Å². The molecular formula is C76H128O6. The van der Waals surface area contributed by atoms with Crippen molar-refractivity contribution in [2.45, 2.75) is 329 Å². The maximum Gasteiger partial charge on any atom is 0.306 e. The topological polar surface area (TPSA) is 78.9 Å². The second-order valence-electron chi connectivity index (χ2n) is 22.7. The van der Waals surface area contributed by atoms with Crippen LogP contribution in [0.3, 0.4) is 0 Å². The van der Waals surface area contributed by atoms with Crippen LogP contribution >= 0.6 is 0 Å². The predicted octanol–water partition coefficient (Wildman–Crippen LogP) is 23.9. The number of unbranched alkanes of at least 4 members (excludes halogenated alkanes) is 31. The second-order valence-corrected chi connectivity index (χ2v) is 22.7. The summed E-state index contributed by atoms with van der Waals surface area (Å²) in [6.45, 7) is 6.43. The van der Waals surface area contributed by atoms with Gasteiger partial charge in [0.05, 0.1) is 0 Å². The maximum absolute atomic E-state index is 13.0. The molecule has 0 amide bonds. The second kappa shape index (κ2) is 69.3. The molecule has 0 aliphatic rings. The van der Waals surface area contributed by atoms with Gasteiger partial charge >= 0.3 is 17.9 Å². The quantitative estimate of drug-likeness (QED) is 0.0261. The fourth-order valence-corrected chi connectivity index (χ4v) is 9.62. The lowest BCUT2D eigenvalue weighted by atomic mass is 10.0. The van der Waals surface area contributed by atoms with E-state index in [1.807, 2.05) is 0 Å². The molecule has 0 heterocycles. The number of esters is 3. The Hall–Kier alpha value is -4.19. The smallest absolute Gasteiger partial charge is 0.306 e. The van der Waals surface area contributed by atoms with E-state index in [1.165, 1.54) is 135 Å². The van der Waals surface area contributed by atoms with Crippen LogP contribution < -0.4 is 0 Å². The van der Waals surface area contributed by atoms with E-state index >= 15 is 0 Å². The van der Waals surface area contributed by atoms with Gasteiger partial charge in [0.15, 0.2) is 6.10 Å². The summed E-state index contributed by atoms with van der Waals surface area (Å²) in [5.41, 5.74) is 0. The highest BCUT2D eigenvalue weighted by molar-refractivity contribution is 5.71. The van der Waals surface area contributed by atoms with Crippen molar-refractivity contribution >= 4 is 17.9 Å². The van der Waals surface area contributed by atoms with E-state index in [-0.39, 0.29) is 31.1 Å². The van der Waals surface area contributed by atoms with Gasteiger partial charge < -0.3 is 14.2 Å². The van der Waals surface area contributed by atoms with Crippen LogP contribution in [0.4, 0.5) is 0 Å². The standard InChI is InChI=1S/C76H128O6/c1-4-7-10-13-16-19-22-25-28-31-34-37-38-40-42-45-48-51-54-57-60-63-66-69-75(78)81-72-73(71-80-74(77)68-65-62-59-56-53-50-47-44-41-36-33-30-27-24-21-18-15-12-9-6-3)82-76(79)70-67-64-61-58-55-52-49-46-43-39-35-32-29-26-23-20-17-14-11-8-5-2/h7-8,10-11,16-17,19-20,25-26,28-29,34-35,37,39-40,42,46,49,73H,4-6,9,12-15,18,21-24,27,30-33,36,38,41,43-45,47-48,50-72H2,1-3H3/b10-7-,11-8-,19-16-,20-17-,28-25-,29-26-,37-34-,39-35-,42-40-,49-46-. The predicted molar refractivity (Wildman–Crippen MR) is 357 cm³/mol. The highest BCUT2D eigenvalue weighted by atomic mass is 16.6. The summed E-state index contributed by atoms with van der Waals surface area (Å²) in [7, 11) is 0. The molecule has 0 aromatic rings. The zero-order valence-corrected chi connectivity index (χ0v) is 53.7. The van der Waals surface area contributed by atoms with Gasteiger partial charge in [-0.15, -0.1) is 0 Å². The molecule has 0 saturated carbocycles. The summed E-state index contributed by atoms with van der Waals surface area (Å²) in [6.07, 6.45) is 96.3. The molecule has 0 fully saturated rings. The molecule has 0 aromatic carbocycles. The average Bonchev–Trinajstić information content (AvgIpc) is 3.47. The molecular weight excluding hydrogens is 1010 g/mol. The van der Waals surface area contributed by atoms with E-state index < -0.39 is 6.10 Å². The Bertz CT molecular complexity index is 1690. The van der Waals surface area contributed by atoms with Crippen LogP contribution in [0.15, 0.2) is 122 Å². The Morgan fingerprint density at radius 1 is 0.256 bits per heavy atom. The van der Waals surface area contributed by atoms with Crippen molar-refractivity contribution in [1.82, 2.24) is 0 Å². The first kappa shape index (κ1) is 77.8. The van der Waals surface area contributed by atoms with Crippen molar-refractivity contribution < 1.29 is 28.6 Å². The highest BCUT2D eigenvalue weighted by Gasteiger charge is 2.19. The van der Waals surface area contributed by atoms with Gasteiger partial charge in [0, 0.05) is 19.3 Å². The largest absolute Gasteiger partial charge is 0.462 e. The molecule has 6 nitrogen and oxygen atoms in total. The molecule has 0 aliphatic carbocycles. The molecule has 1 unspecified atom stereocenters. The van der Waals surface area contributed by atoms with Crippen LogP contribution in [-0.2, 0) is 28.6 Å². The minimum absolute atomic E-state index is 0.0894. The lowest BCUT2D eigenvalue weighted by Gasteiger charge is -2.18. The molecule has 0 aromatic heterocycles. The van der Waals surface area contributed by atoms with Crippen molar-refractivity contribution in [2.24, 2.45) is 0 Å². The SMILES string of the molecule is CC/C=C\C/C=C\C/C=C\C/C=C\C/C=C\CCCCCCCCCC(=O)OCC(COC(=O)CCCCCCCCCCCCCCCCCCCCCC)OC(=O)CCCCCCC/C=C\C/C=C\C/C=C\C/C=C\C/C=C\CC.